The molecule has 2 aromatic rings. The molecule has 112 valence electrons. The lowest BCUT2D eigenvalue weighted by Gasteiger charge is -2.11. The molecule has 0 aliphatic heterocycles. The lowest BCUT2D eigenvalue weighted by molar-refractivity contribution is 0.580. The van der Waals surface area contributed by atoms with Crippen LogP contribution in [0.3, 0.4) is 0 Å². The maximum atomic E-state index is 12.4. The van der Waals surface area contributed by atoms with Gasteiger partial charge in [-0.2, -0.15) is 0 Å². The van der Waals surface area contributed by atoms with Crippen molar-refractivity contribution in [1.29, 1.82) is 0 Å². The third-order valence-corrected chi connectivity index (χ3v) is 4.87. The van der Waals surface area contributed by atoms with Crippen molar-refractivity contribution in [2.75, 3.05) is 0 Å². The van der Waals surface area contributed by atoms with E-state index >= 15 is 0 Å². The molecule has 0 unspecified atom stereocenters. The Kier molecular flexibility index (Phi) is 4.77. The van der Waals surface area contributed by atoms with E-state index in [9.17, 15) is 8.42 Å². The number of nitrogens with one attached hydrogen (secondary N) is 1. The predicted molar refractivity (Wildman–Crippen MR) is 84.3 cm³/mol. The fourth-order valence-electron chi connectivity index (χ4n) is 2.22. The summed E-state index contributed by atoms with van der Waals surface area (Å²) in [4.78, 5) is 0.298. The standard InChI is InChI=1S/C16H20N2O2S/c1-12-4-3-5-15(8-12)11-18-21(19,20)16-7-6-14(10-17)9-13(16)2/h3-9,18H,10-11,17H2,1-2H3. The Morgan fingerprint density at radius 2 is 1.81 bits per heavy atom. The van der Waals surface area contributed by atoms with Crippen LogP contribution in [-0.4, -0.2) is 8.42 Å². The maximum absolute atomic E-state index is 12.4. The molecule has 0 atom stereocenters. The van der Waals surface area contributed by atoms with Gasteiger partial charge in [0.2, 0.25) is 10.0 Å². The topological polar surface area (TPSA) is 72.2 Å². The molecule has 21 heavy (non-hydrogen) atoms. The number of nitrogens with two attached hydrogens (primary N) is 1. The molecule has 0 fully saturated rings. The highest BCUT2D eigenvalue weighted by Gasteiger charge is 2.16. The zero-order chi connectivity index (χ0) is 15.5. The summed E-state index contributed by atoms with van der Waals surface area (Å²) in [7, 11) is -3.52. The molecule has 0 aliphatic rings. The zero-order valence-corrected chi connectivity index (χ0v) is 13.1. The molecule has 2 aromatic carbocycles. The Bertz CT molecular complexity index is 740. The Morgan fingerprint density at radius 3 is 2.43 bits per heavy atom. The molecule has 0 heterocycles. The van der Waals surface area contributed by atoms with Gasteiger partial charge in [0.15, 0.2) is 0 Å². The van der Waals surface area contributed by atoms with Crippen LogP contribution >= 0.6 is 0 Å². The van der Waals surface area contributed by atoms with Crippen LogP contribution < -0.4 is 10.5 Å². The average molecular weight is 304 g/mol. The molecule has 5 heteroatoms. The monoisotopic (exact) mass is 304 g/mol. The van der Waals surface area contributed by atoms with Gasteiger partial charge >= 0.3 is 0 Å². The van der Waals surface area contributed by atoms with Crippen LogP contribution in [-0.2, 0) is 23.1 Å². The van der Waals surface area contributed by atoms with Crippen molar-refractivity contribution in [2.24, 2.45) is 5.73 Å². The van der Waals surface area contributed by atoms with E-state index < -0.39 is 10.0 Å². The first-order chi connectivity index (χ1) is 9.92. The first-order valence-electron chi connectivity index (χ1n) is 6.77. The van der Waals surface area contributed by atoms with Crippen molar-refractivity contribution in [2.45, 2.75) is 31.8 Å². The molecule has 0 saturated heterocycles. The number of aryl methyl sites for hydroxylation is 2. The highest BCUT2D eigenvalue weighted by Crippen LogP contribution is 2.17. The summed E-state index contributed by atoms with van der Waals surface area (Å²) in [6, 6.07) is 12.9. The molecule has 0 amide bonds. The van der Waals surface area contributed by atoms with E-state index in [0.717, 1.165) is 16.7 Å². The van der Waals surface area contributed by atoms with Gasteiger partial charge in [0.25, 0.3) is 0 Å². The molecule has 2 rings (SSSR count). The van der Waals surface area contributed by atoms with E-state index in [1.165, 1.54) is 0 Å². The summed E-state index contributed by atoms with van der Waals surface area (Å²) >= 11 is 0. The highest BCUT2D eigenvalue weighted by molar-refractivity contribution is 7.89. The number of rotatable bonds is 5. The second-order valence-corrected chi connectivity index (χ2v) is 6.85. The fourth-order valence-corrected chi connectivity index (χ4v) is 3.46. The van der Waals surface area contributed by atoms with Crippen LogP contribution in [0.5, 0.6) is 0 Å². The van der Waals surface area contributed by atoms with Gasteiger partial charge in [-0.1, -0.05) is 42.0 Å². The molecule has 4 nitrogen and oxygen atoms in total. The minimum absolute atomic E-state index is 0.280. The lowest BCUT2D eigenvalue weighted by atomic mass is 10.1. The third kappa shape index (κ3) is 3.91. The predicted octanol–water partition coefficient (Wildman–Crippen LogP) is 2.24. The summed E-state index contributed by atoms with van der Waals surface area (Å²) in [5, 5.41) is 0. The summed E-state index contributed by atoms with van der Waals surface area (Å²) in [6.07, 6.45) is 0. The Hall–Kier alpha value is -1.69. The van der Waals surface area contributed by atoms with Crippen molar-refractivity contribution in [1.82, 2.24) is 4.72 Å². The number of sulfonamides is 1. The lowest BCUT2D eigenvalue weighted by Crippen LogP contribution is -2.24. The van der Waals surface area contributed by atoms with E-state index in [2.05, 4.69) is 4.72 Å². The Morgan fingerprint density at radius 1 is 1.05 bits per heavy atom. The van der Waals surface area contributed by atoms with E-state index in [1.54, 1.807) is 25.1 Å². The smallest absolute Gasteiger partial charge is 0.241 e. The van der Waals surface area contributed by atoms with Gasteiger partial charge in [-0.25, -0.2) is 13.1 Å². The molecule has 0 spiro atoms. The van der Waals surface area contributed by atoms with Crippen LogP contribution in [0, 0.1) is 13.8 Å². The van der Waals surface area contributed by atoms with Crippen LogP contribution in [0.4, 0.5) is 0 Å². The van der Waals surface area contributed by atoms with Crippen molar-refractivity contribution in [3.05, 3.63) is 64.7 Å². The zero-order valence-electron chi connectivity index (χ0n) is 12.3. The van der Waals surface area contributed by atoms with Gasteiger partial charge in [0.05, 0.1) is 4.90 Å². The van der Waals surface area contributed by atoms with Crippen LogP contribution in [0.25, 0.3) is 0 Å². The van der Waals surface area contributed by atoms with Gasteiger partial charge in [0.1, 0.15) is 0 Å². The molecular formula is C16H20N2O2S. The quantitative estimate of drug-likeness (QED) is 0.890. The Balaban J connectivity index is 2.19. The SMILES string of the molecule is Cc1cccc(CNS(=O)(=O)c2ccc(CN)cc2C)c1. The normalized spacial score (nSPS) is 11.6. The maximum Gasteiger partial charge on any atom is 0.241 e. The van der Waals surface area contributed by atoms with E-state index in [0.29, 0.717) is 17.0 Å². The van der Waals surface area contributed by atoms with Gasteiger partial charge < -0.3 is 5.73 Å². The number of benzene rings is 2. The van der Waals surface area contributed by atoms with Gasteiger partial charge in [0, 0.05) is 13.1 Å². The third-order valence-electron chi connectivity index (χ3n) is 3.31. The second-order valence-electron chi connectivity index (χ2n) is 5.12. The first-order valence-corrected chi connectivity index (χ1v) is 8.25. The Labute approximate surface area is 126 Å². The molecule has 0 aliphatic carbocycles. The van der Waals surface area contributed by atoms with Crippen LogP contribution in [0.15, 0.2) is 47.4 Å². The summed E-state index contributed by atoms with van der Waals surface area (Å²) in [5.41, 5.74) is 9.23. The molecule has 0 aromatic heterocycles. The van der Waals surface area contributed by atoms with Crippen molar-refractivity contribution in [3.63, 3.8) is 0 Å². The van der Waals surface area contributed by atoms with Gasteiger partial charge in [-0.3, -0.25) is 0 Å². The minimum Gasteiger partial charge on any atom is -0.326 e. The van der Waals surface area contributed by atoms with Crippen molar-refractivity contribution >= 4 is 10.0 Å². The van der Waals surface area contributed by atoms with Crippen molar-refractivity contribution < 1.29 is 8.42 Å². The molecular weight excluding hydrogens is 284 g/mol. The van der Waals surface area contributed by atoms with Gasteiger partial charge in [-0.05, 0) is 36.6 Å². The molecule has 0 radical (unpaired) electrons. The van der Waals surface area contributed by atoms with Crippen LogP contribution in [0.1, 0.15) is 22.3 Å². The van der Waals surface area contributed by atoms with E-state index in [-0.39, 0.29) is 6.54 Å². The molecule has 0 bridgehead atoms. The second kappa shape index (κ2) is 6.39. The number of hydrogen-bond acceptors (Lipinski definition) is 3. The number of hydrogen-bond donors (Lipinski definition) is 2. The minimum atomic E-state index is -3.52. The molecule has 0 saturated carbocycles. The van der Waals surface area contributed by atoms with Gasteiger partial charge in [-0.15, -0.1) is 0 Å². The first kappa shape index (κ1) is 15.7. The van der Waals surface area contributed by atoms with E-state index in [4.69, 9.17) is 5.73 Å². The van der Waals surface area contributed by atoms with Crippen LogP contribution in [0.2, 0.25) is 0 Å². The average Bonchev–Trinajstić information content (AvgIpc) is 2.45. The van der Waals surface area contributed by atoms with E-state index in [1.807, 2.05) is 31.2 Å². The fraction of sp³-hybridized carbons (Fsp3) is 0.250. The summed E-state index contributed by atoms with van der Waals surface area (Å²) < 4.78 is 27.4. The summed E-state index contributed by atoms with van der Waals surface area (Å²) in [5.74, 6) is 0. The summed E-state index contributed by atoms with van der Waals surface area (Å²) in [6.45, 7) is 4.44. The molecule has 3 N–H and O–H groups in total. The highest BCUT2D eigenvalue weighted by atomic mass is 32.2. The van der Waals surface area contributed by atoms with Crippen molar-refractivity contribution in [3.8, 4) is 0 Å². The largest absolute Gasteiger partial charge is 0.326 e.